The highest BCUT2D eigenvalue weighted by atomic mass is 16.2. The van der Waals surface area contributed by atoms with E-state index >= 15 is 0 Å². The van der Waals surface area contributed by atoms with Gasteiger partial charge in [0.1, 0.15) is 18.7 Å². The van der Waals surface area contributed by atoms with Crippen molar-refractivity contribution in [1.29, 1.82) is 0 Å². The predicted molar refractivity (Wildman–Crippen MR) is 123 cm³/mol. The molecule has 8 heteroatoms. The van der Waals surface area contributed by atoms with Crippen molar-refractivity contribution in [3.05, 3.63) is 48.0 Å². The van der Waals surface area contributed by atoms with Gasteiger partial charge in [-0.05, 0) is 37.7 Å². The smallest absolute Gasteiger partial charge is 0.244 e. The number of hydrogen-bond donors (Lipinski definition) is 2. The van der Waals surface area contributed by atoms with E-state index in [1.54, 1.807) is 6.33 Å². The van der Waals surface area contributed by atoms with Gasteiger partial charge in [0, 0.05) is 39.1 Å². The number of aliphatic imine (C=N–C) groups is 1. The Balaban J connectivity index is 1.42. The van der Waals surface area contributed by atoms with Gasteiger partial charge in [-0.3, -0.25) is 4.79 Å². The van der Waals surface area contributed by atoms with Gasteiger partial charge < -0.3 is 20.1 Å². The summed E-state index contributed by atoms with van der Waals surface area (Å²) in [6.07, 6.45) is 5.81. The minimum absolute atomic E-state index is 0.0995. The average Bonchev–Trinajstić information content (AvgIpc) is 3.26. The molecule has 0 aliphatic carbocycles. The fourth-order valence-electron chi connectivity index (χ4n) is 3.96. The van der Waals surface area contributed by atoms with Gasteiger partial charge in [0.05, 0.1) is 0 Å². The first kappa shape index (κ1) is 22.8. The van der Waals surface area contributed by atoms with Crippen LogP contribution in [-0.4, -0.2) is 64.3 Å². The molecule has 2 N–H and O–H groups in total. The standard InChI is InChI=1S/C23H35N7O/c1-3-21-28-27-18-30(21)15-12-25-23(24-4-2)26-17-22(31)29-13-10-20(11-14-29)16-19-8-6-5-7-9-19/h5-9,18,20H,3-4,10-17H2,1-2H3,(H2,24,25,26). The molecular formula is C23H35N7O. The highest BCUT2D eigenvalue weighted by Gasteiger charge is 2.22. The van der Waals surface area contributed by atoms with Gasteiger partial charge in [-0.25, -0.2) is 4.99 Å². The zero-order valence-electron chi connectivity index (χ0n) is 18.8. The lowest BCUT2D eigenvalue weighted by Gasteiger charge is -2.32. The summed E-state index contributed by atoms with van der Waals surface area (Å²) in [7, 11) is 0. The number of carbonyl (C=O) groups excluding carboxylic acids is 1. The fourth-order valence-corrected chi connectivity index (χ4v) is 3.96. The Bertz CT molecular complexity index is 825. The lowest BCUT2D eigenvalue weighted by Crippen LogP contribution is -2.42. The SMILES string of the molecule is CCNC(=NCC(=O)N1CCC(Cc2ccccc2)CC1)NCCn1cnnc1CC. The number of guanidine groups is 1. The topological polar surface area (TPSA) is 87.4 Å². The first-order valence-electron chi connectivity index (χ1n) is 11.4. The number of aromatic nitrogens is 3. The Labute approximate surface area is 185 Å². The number of nitrogens with zero attached hydrogens (tertiary/aromatic N) is 5. The third-order valence-corrected chi connectivity index (χ3v) is 5.71. The van der Waals surface area contributed by atoms with Crippen molar-refractivity contribution < 1.29 is 4.79 Å². The van der Waals surface area contributed by atoms with Crippen molar-refractivity contribution in [2.45, 2.75) is 46.1 Å². The summed E-state index contributed by atoms with van der Waals surface area (Å²) in [6.45, 7) is 8.09. The fraction of sp³-hybridized carbons (Fsp3) is 0.565. The lowest BCUT2D eigenvalue weighted by molar-refractivity contribution is -0.130. The van der Waals surface area contributed by atoms with E-state index in [2.05, 4.69) is 63.1 Å². The molecule has 2 aromatic rings. The van der Waals surface area contributed by atoms with Gasteiger partial charge in [-0.1, -0.05) is 37.3 Å². The Kier molecular flexibility index (Phi) is 8.87. The van der Waals surface area contributed by atoms with Gasteiger partial charge in [-0.2, -0.15) is 0 Å². The molecule has 168 valence electrons. The molecular weight excluding hydrogens is 390 g/mol. The van der Waals surface area contributed by atoms with E-state index in [9.17, 15) is 4.79 Å². The maximum atomic E-state index is 12.7. The third-order valence-electron chi connectivity index (χ3n) is 5.71. The molecule has 0 bridgehead atoms. The molecule has 31 heavy (non-hydrogen) atoms. The molecule has 0 atom stereocenters. The maximum absolute atomic E-state index is 12.7. The first-order chi connectivity index (χ1) is 15.2. The summed E-state index contributed by atoms with van der Waals surface area (Å²) in [4.78, 5) is 19.1. The van der Waals surface area contributed by atoms with Gasteiger partial charge in [0.2, 0.25) is 5.91 Å². The van der Waals surface area contributed by atoms with Crippen LogP contribution in [-0.2, 0) is 24.2 Å². The van der Waals surface area contributed by atoms with E-state index in [-0.39, 0.29) is 12.5 Å². The Morgan fingerprint density at radius 2 is 1.94 bits per heavy atom. The molecule has 0 spiro atoms. The van der Waals surface area contributed by atoms with E-state index in [4.69, 9.17) is 0 Å². The molecule has 1 fully saturated rings. The molecule has 1 aromatic heterocycles. The zero-order chi connectivity index (χ0) is 21.9. The average molecular weight is 426 g/mol. The van der Waals surface area contributed by atoms with Crippen LogP contribution >= 0.6 is 0 Å². The van der Waals surface area contributed by atoms with Crippen molar-refractivity contribution in [3.63, 3.8) is 0 Å². The molecule has 1 aromatic carbocycles. The summed E-state index contributed by atoms with van der Waals surface area (Å²) in [6, 6.07) is 10.6. The summed E-state index contributed by atoms with van der Waals surface area (Å²) in [5.74, 6) is 2.39. The van der Waals surface area contributed by atoms with Crippen molar-refractivity contribution in [2.75, 3.05) is 32.7 Å². The number of carbonyl (C=O) groups is 1. The largest absolute Gasteiger partial charge is 0.357 e. The molecule has 1 aliphatic heterocycles. The van der Waals surface area contributed by atoms with Gasteiger partial charge >= 0.3 is 0 Å². The molecule has 1 amide bonds. The van der Waals surface area contributed by atoms with Crippen LogP contribution in [0, 0.1) is 5.92 Å². The van der Waals surface area contributed by atoms with E-state index in [1.165, 1.54) is 5.56 Å². The minimum Gasteiger partial charge on any atom is -0.357 e. The van der Waals surface area contributed by atoms with E-state index < -0.39 is 0 Å². The Morgan fingerprint density at radius 3 is 2.65 bits per heavy atom. The number of nitrogens with one attached hydrogen (secondary N) is 2. The van der Waals surface area contributed by atoms with E-state index in [0.29, 0.717) is 18.4 Å². The Morgan fingerprint density at radius 1 is 1.16 bits per heavy atom. The van der Waals surface area contributed by atoms with Gasteiger partial charge in [-0.15, -0.1) is 10.2 Å². The predicted octanol–water partition coefficient (Wildman–Crippen LogP) is 1.88. The van der Waals surface area contributed by atoms with Crippen LogP contribution in [0.2, 0.25) is 0 Å². The summed E-state index contributed by atoms with van der Waals surface area (Å²) in [5.41, 5.74) is 1.38. The molecule has 3 rings (SSSR count). The molecule has 1 aliphatic rings. The molecule has 0 radical (unpaired) electrons. The van der Waals surface area contributed by atoms with Crippen LogP contribution in [0.25, 0.3) is 0 Å². The number of amides is 1. The second-order valence-electron chi connectivity index (χ2n) is 7.93. The van der Waals surface area contributed by atoms with Gasteiger partial charge in [0.25, 0.3) is 0 Å². The van der Waals surface area contributed by atoms with Crippen molar-refractivity contribution in [2.24, 2.45) is 10.9 Å². The van der Waals surface area contributed by atoms with Crippen molar-refractivity contribution in [3.8, 4) is 0 Å². The van der Waals surface area contributed by atoms with Gasteiger partial charge in [0.15, 0.2) is 5.96 Å². The zero-order valence-corrected chi connectivity index (χ0v) is 18.8. The van der Waals surface area contributed by atoms with Crippen LogP contribution in [0.5, 0.6) is 0 Å². The monoisotopic (exact) mass is 425 g/mol. The third kappa shape index (κ3) is 7.08. The number of hydrogen-bond acceptors (Lipinski definition) is 4. The van der Waals surface area contributed by atoms with E-state index in [0.717, 1.165) is 57.7 Å². The number of rotatable bonds is 9. The van der Waals surface area contributed by atoms with Crippen LogP contribution in [0.3, 0.4) is 0 Å². The number of likely N-dealkylation sites (tertiary alicyclic amines) is 1. The van der Waals surface area contributed by atoms with Crippen molar-refractivity contribution >= 4 is 11.9 Å². The molecule has 1 saturated heterocycles. The van der Waals surface area contributed by atoms with Crippen LogP contribution in [0.4, 0.5) is 0 Å². The molecule has 0 unspecified atom stereocenters. The number of aryl methyl sites for hydroxylation is 1. The summed E-state index contributed by atoms with van der Waals surface area (Å²) in [5, 5.41) is 14.6. The molecule has 0 saturated carbocycles. The number of piperidine rings is 1. The highest BCUT2D eigenvalue weighted by Crippen LogP contribution is 2.21. The minimum atomic E-state index is 0.0995. The second-order valence-corrected chi connectivity index (χ2v) is 7.93. The second kappa shape index (κ2) is 12.1. The summed E-state index contributed by atoms with van der Waals surface area (Å²) >= 11 is 0. The van der Waals surface area contributed by atoms with Crippen LogP contribution in [0.1, 0.15) is 38.1 Å². The van der Waals surface area contributed by atoms with Crippen LogP contribution < -0.4 is 10.6 Å². The normalized spacial score (nSPS) is 15.2. The Hall–Kier alpha value is -2.90. The molecule has 2 heterocycles. The summed E-state index contributed by atoms with van der Waals surface area (Å²) < 4.78 is 2.03. The quantitative estimate of drug-likeness (QED) is 0.473. The van der Waals surface area contributed by atoms with E-state index in [1.807, 2.05) is 16.4 Å². The van der Waals surface area contributed by atoms with Crippen LogP contribution in [0.15, 0.2) is 41.7 Å². The number of benzene rings is 1. The molecule has 8 nitrogen and oxygen atoms in total. The maximum Gasteiger partial charge on any atom is 0.244 e. The van der Waals surface area contributed by atoms with Crippen molar-refractivity contribution in [1.82, 2.24) is 30.3 Å². The highest BCUT2D eigenvalue weighted by molar-refractivity contribution is 5.85. The lowest BCUT2D eigenvalue weighted by atomic mass is 9.90. The first-order valence-corrected chi connectivity index (χ1v) is 11.4.